The van der Waals surface area contributed by atoms with Crippen molar-refractivity contribution < 1.29 is 17.9 Å². The highest BCUT2D eigenvalue weighted by molar-refractivity contribution is 6.08. The molecule has 5 heteroatoms. The summed E-state index contributed by atoms with van der Waals surface area (Å²) in [6, 6.07) is 11.1. The predicted octanol–water partition coefficient (Wildman–Crippen LogP) is 4.28. The maximum Gasteiger partial charge on any atom is 0.489 e. The number of nitrogens with zero attached hydrogens (tertiary/aromatic N) is 1. The number of hydrogen-bond acceptors (Lipinski definition) is 1. The van der Waals surface area contributed by atoms with Crippen molar-refractivity contribution in [1.82, 2.24) is 4.57 Å². The molecule has 2 nitrogen and oxygen atoms in total. The molecule has 0 bridgehead atoms. The van der Waals surface area contributed by atoms with Crippen molar-refractivity contribution in [2.75, 3.05) is 7.11 Å². The quantitative estimate of drug-likeness (QED) is 0.640. The number of para-hydroxylation sites is 1. The Morgan fingerprint density at radius 1 is 0.947 bits per heavy atom. The Bertz CT molecular complexity index is 758. The highest BCUT2D eigenvalue weighted by Gasteiger charge is 2.34. The summed E-state index contributed by atoms with van der Waals surface area (Å²) in [6.45, 7) is 0. The Balaban J connectivity index is 2.51. The van der Waals surface area contributed by atoms with Crippen LogP contribution >= 0.6 is 0 Å². The van der Waals surface area contributed by atoms with E-state index in [2.05, 4.69) is 0 Å². The van der Waals surface area contributed by atoms with E-state index < -0.39 is 6.30 Å². The molecule has 0 aliphatic rings. The molecular weight excluding hydrogens is 255 g/mol. The second-order valence-electron chi connectivity index (χ2n) is 4.20. The number of halogens is 3. The standard InChI is InChI=1S/C14H10F3NO/c1-19-9-6-7-13-11(8-9)10-4-2-3-5-12(10)18(13)14(15,16)17/h2-8H,1H3. The highest BCUT2D eigenvalue weighted by Crippen LogP contribution is 2.37. The van der Waals surface area contributed by atoms with Crippen LogP contribution in [-0.4, -0.2) is 11.7 Å². The van der Waals surface area contributed by atoms with Crippen molar-refractivity contribution in [2.45, 2.75) is 6.30 Å². The first-order valence-electron chi connectivity index (χ1n) is 5.67. The van der Waals surface area contributed by atoms with Gasteiger partial charge < -0.3 is 4.74 Å². The molecule has 0 saturated carbocycles. The number of methoxy groups -OCH3 is 1. The summed E-state index contributed by atoms with van der Waals surface area (Å²) >= 11 is 0. The number of hydrogen-bond donors (Lipinski definition) is 0. The zero-order valence-electron chi connectivity index (χ0n) is 10.0. The molecular formula is C14H10F3NO. The Morgan fingerprint density at radius 2 is 1.63 bits per heavy atom. The molecule has 0 spiro atoms. The van der Waals surface area contributed by atoms with Gasteiger partial charge in [0.15, 0.2) is 0 Å². The molecule has 1 aromatic heterocycles. The molecule has 0 unspecified atom stereocenters. The molecule has 19 heavy (non-hydrogen) atoms. The number of aromatic nitrogens is 1. The van der Waals surface area contributed by atoms with E-state index >= 15 is 0 Å². The lowest BCUT2D eigenvalue weighted by molar-refractivity contribution is -0.197. The zero-order valence-corrected chi connectivity index (χ0v) is 10.0. The Labute approximate surface area is 107 Å². The minimum atomic E-state index is -4.45. The Kier molecular flexibility index (Phi) is 2.45. The van der Waals surface area contributed by atoms with E-state index in [-0.39, 0.29) is 11.0 Å². The van der Waals surface area contributed by atoms with E-state index in [1.165, 1.54) is 25.3 Å². The van der Waals surface area contributed by atoms with E-state index in [4.69, 9.17) is 4.74 Å². The Morgan fingerprint density at radius 3 is 2.32 bits per heavy atom. The van der Waals surface area contributed by atoms with Gasteiger partial charge >= 0.3 is 6.30 Å². The van der Waals surface area contributed by atoms with Crippen LogP contribution in [0, 0.1) is 0 Å². The molecule has 0 amide bonds. The van der Waals surface area contributed by atoms with Gasteiger partial charge in [0.25, 0.3) is 0 Å². The molecule has 0 saturated heterocycles. The van der Waals surface area contributed by atoms with Gasteiger partial charge in [-0.1, -0.05) is 18.2 Å². The van der Waals surface area contributed by atoms with E-state index in [1.807, 2.05) is 0 Å². The monoisotopic (exact) mass is 265 g/mol. The summed E-state index contributed by atoms with van der Waals surface area (Å²) in [6.07, 6.45) is -4.45. The molecule has 98 valence electrons. The minimum Gasteiger partial charge on any atom is -0.497 e. The average Bonchev–Trinajstić information content (AvgIpc) is 2.72. The maximum absolute atomic E-state index is 13.2. The van der Waals surface area contributed by atoms with Gasteiger partial charge in [0.05, 0.1) is 18.1 Å². The topological polar surface area (TPSA) is 14.2 Å². The van der Waals surface area contributed by atoms with Crippen LogP contribution in [0.1, 0.15) is 0 Å². The fourth-order valence-electron chi connectivity index (χ4n) is 2.35. The summed E-state index contributed by atoms with van der Waals surface area (Å²) in [5.74, 6) is 0.539. The highest BCUT2D eigenvalue weighted by atomic mass is 19.4. The molecule has 3 rings (SSSR count). The van der Waals surface area contributed by atoms with Crippen molar-refractivity contribution in [1.29, 1.82) is 0 Å². The SMILES string of the molecule is COc1ccc2c(c1)c1ccccc1n2C(F)(F)F. The number of rotatable bonds is 1. The molecule has 0 fully saturated rings. The lowest BCUT2D eigenvalue weighted by atomic mass is 10.1. The van der Waals surface area contributed by atoms with Crippen LogP contribution in [0.5, 0.6) is 5.75 Å². The first kappa shape index (κ1) is 11.9. The average molecular weight is 265 g/mol. The van der Waals surface area contributed by atoms with Gasteiger partial charge in [-0.15, -0.1) is 13.2 Å². The molecule has 0 aliphatic carbocycles. The smallest absolute Gasteiger partial charge is 0.489 e. The van der Waals surface area contributed by atoms with E-state index in [0.717, 1.165) is 0 Å². The maximum atomic E-state index is 13.2. The zero-order chi connectivity index (χ0) is 13.6. The second kappa shape index (κ2) is 3.91. The molecule has 1 heterocycles. The molecule has 0 radical (unpaired) electrons. The largest absolute Gasteiger partial charge is 0.497 e. The Hall–Kier alpha value is -2.17. The number of ether oxygens (including phenoxy) is 1. The third kappa shape index (κ3) is 1.73. The summed E-state index contributed by atoms with van der Waals surface area (Å²) < 4.78 is 45.1. The van der Waals surface area contributed by atoms with Crippen molar-refractivity contribution in [3.8, 4) is 5.75 Å². The van der Waals surface area contributed by atoms with Crippen LogP contribution in [0.25, 0.3) is 21.8 Å². The summed E-state index contributed by atoms with van der Waals surface area (Å²) in [5, 5.41) is 1.10. The number of fused-ring (bicyclic) bond motifs is 3. The van der Waals surface area contributed by atoms with Gasteiger partial charge in [0.1, 0.15) is 5.75 Å². The minimum absolute atomic E-state index is 0.134. The van der Waals surface area contributed by atoms with Crippen molar-refractivity contribution in [3.63, 3.8) is 0 Å². The summed E-state index contributed by atoms with van der Waals surface area (Å²) in [4.78, 5) is 0. The van der Waals surface area contributed by atoms with Gasteiger partial charge in [0.2, 0.25) is 0 Å². The van der Waals surface area contributed by atoms with Crippen LogP contribution in [0.4, 0.5) is 13.2 Å². The molecule has 0 aliphatic heterocycles. The lowest BCUT2D eigenvalue weighted by Crippen LogP contribution is -2.15. The normalized spacial score (nSPS) is 12.2. The lowest BCUT2D eigenvalue weighted by Gasteiger charge is -2.11. The van der Waals surface area contributed by atoms with Gasteiger partial charge in [0, 0.05) is 10.8 Å². The summed E-state index contributed by atoms with van der Waals surface area (Å²) in [7, 11) is 1.49. The van der Waals surface area contributed by atoms with Gasteiger partial charge in [-0.25, -0.2) is 0 Å². The van der Waals surface area contributed by atoms with E-state index in [0.29, 0.717) is 21.1 Å². The van der Waals surface area contributed by atoms with Gasteiger partial charge in [-0.2, -0.15) is 0 Å². The van der Waals surface area contributed by atoms with Crippen LogP contribution in [0.3, 0.4) is 0 Å². The fraction of sp³-hybridized carbons (Fsp3) is 0.143. The molecule has 0 N–H and O–H groups in total. The van der Waals surface area contributed by atoms with Crippen molar-refractivity contribution >= 4 is 21.8 Å². The van der Waals surface area contributed by atoms with Gasteiger partial charge in [-0.05, 0) is 24.3 Å². The third-order valence-corrected chi connectivity index (χ3v) is 3.13. The fourth-order valence-corrected chi connectivity index (χ4v) is 2.35. The number of benzene rings is 2. The van der Waals surface area contributed by atoms with Gasteiger partial charge in [-0.3, -0.25) is 4.57 Å². The van der Waals surface area contributed by atoms with Crippen LogP contribution in [0.15, 0.2) is 42.5 Å². The molecule has 0 atom stereocenters. The van der Waals surface area contributed by atoms with Crippen LogP contribution in [-0.2, 0) is 6.30 Å². The van der Waals surface area contributed by atoms with E-state index in [9.17, 15) is 13.2 Å². The molecule has 3 aromatic rings. The predicted molar refractivity (Wildman–Crippen MR) is 67.3 cm³/mol. The van der Waals surface area contributed by atoms with E-state index in [1.54, 1.807) is 24.3 Å². The first-order chi connectivity index (χ1) is 9.02. The van der Waals surface area contributed by atoms with Crippen LogP contribution in [0.2, 0.25) is 0 Å². The third-order valence-electron chi connectivity index (χ3n) is 3.13. The van der Waals surface area contributed by atoms with Crippen LogP contribution < -0.4 is 4.74 Å². The van der Waals surface area contributed by atoms with Crippen molar-refractivity contribution in [3.05, 3.63) is 42.5 Å². The number of alkyl halides is 3. The molecule has 2 aromatic carbocycles. The second-order valence-corrected chi connectivity index (χ2v) is 4.20. The summed E-state index contributed by atoms with van der Waals surface area (Å²) in [5.41, 5.74) is 0.285. The van der Waals surface area contributed by atoms with Crippen molar-refractivity contribution in [2.24, 2.45) is 0 Å². The first-order valence-corrected chi connectivity index (χ1v) is 5.67.